The number of halogens is 1. The SMILES string of the molecule is CCN(Cc1ccccc1)C(=O)CNC(=NC)NCc1ccc(C)cc1OCCOC.I. The van der Waals surface area contributed by atoms with Crippen molar-refractivity contribution >= 4 is 35.8 Å². The highest BCUT2D eigenvalue weighted by molar-refractivity contribution is 14.0. The number of aryl methyl sites for hydroxylation is 1. The summed E-state index contributed by atoms with van der Waals surface area (Å²) in [6, 6.07) is 16.1. The van der Waals surface area contributed by atoms with Crippen LogP contribution in [0.3, 0.4) is 0 Å². The molecule has 8 heteroatoms. The molecule has 2 aromatic rings. The number of guanidine groups is 1. The molecular formula is C24H35IN4O3. The van der Waals surface area contributed by atoms with Crippen molar-refractivity contribution in [2.24, 2.45) is 4.99 Å². The average Bonchev–Trinajstić information content (AvgIpc) is 2.79. The first-order valence-electron chi connectivity index (χ1n) is 10.5. The predicted molar refractivity (Wildman–Crippen MR) is 140 cm³/mol. The molecule has 0 saturated carbocycles. The first-order valence-corrected chi connectivity index (χ1v) is 10.5. The van der Waals surface area contributed by atoms with Gasteiger partial charge in [0.15, 0.2) is 5.96 Å². The lowest BCUT2D eigenvalue weighted by Gasteiger charge is -2.22. The molecule has 0 fully saturated rings. The fourth-order valence-electron chi connectivity index (χ4n) is 3.03. The number of hydrogen-bond acceptors (Lipinski definition) is 4. The predicted octanol–water partition coefficient (Wildman–Crippen LogP) is 3.35. The van der Waals surface area contributed by atoms with Gasteiger partial charge in [-0.3, -0.25) is 9.79 Å². The summed E-state index contributed by atoms with van der Waals surface area (Å²) in [7, 11) is 3.34. The van der Waals surface area contributed by atoms with E-state index in [1.165, 1.54) is 0 Å². The molecule has 0 aliphatic heterocycles. The molecule has 0 heterocycles. The third-order valence-corrected chi connectivity index (χ3v) is 4.80. The number of carbonyl (C=O) groups is 1. The van der Waals surface area contributed by atoms with E-state index >= 15 is 0 Å². The fraction of sp³-hybridized carbons (Fsp3) is 0.417. The van der Waals surface area contributed by atoms with Crippen LogP contribution in [-0.2, 0) is 22.6 Å². The minimum absolute atomic E-state index is 0. The molecule has 0 aromatic heterocycles. The molecule has 32 heavy (non-hydrogen) atoms. The van der Waals surface area contributed by atoms with Crippen molar-refractivity contribution in [3.8, 4) is 5.75 Å². The zero-order chi connectivity index (χ0) is 22.5. The second-order valence-electron chi connectivity index (χ2n) is 7.13. The number of benzene rings is 2. The van der Waals surface area contributed by atoms with E-state index in [1.54, 1.807) is 14.2 Å². The van der Waals surface area contributed by atoms with Crippen molar-refractivity contribution in [3.05, 3.63) is 65.2 Å². The van der Waals surface area contributed by atoms with Crippen molar-refractivity contribution in [2.75, 3.05) is 40.5 Å². The van der Waals surface area contributed by atoms with Crippen molar-refractivity contribution < 1.29 is 14.3 Å². The smallest absolute Gasteiger partial charge is 0.242 e. The third kappa shape index (κ3) is 9.44. The highest BCUT2D eigenvalue weighted by Crippen LogP contribution is 2.20. The van der Waals surface area contributed by atoms with E-state index in [-0.39, 0.29) is 36.4 Å². The summed E-state index contributed by atoms with van der Waals surface area (Å²) in [4.78, 5) is 18.7. The maximum atomic E-state index is 12.7. The van der Waals surface area contributed by atoms with Crippen LogP contribution in [-0.4, -0.2) is 57.2 Å². The molecule has 0 spiro atoms. The molecule has 1 amide bonds. The Morgan fingerprint density at radius 3 is 2.50 bits per heavy atom. The van der Waals surface area contributed by atoms with Crippen LogP contribution in [0.1, 0.15) is 23.6 Å². The Morgan fingerprint density at radius 1 is 1.09 bits per heavy atom. The number of nitrogens with zero attached hydrogens (tertiary/aromatic N) is 2. The van der Waals surface area contributed by atoms with E-state index in [9.17, 15) is 4.79 Å². The second kappa shape index (κ2) is 15.5. The number of aliphatic imine (C=N–C) groups is 1. The lowest BCUT2D eigenvalue weighted by Crippen LogP contribution is -2.44. The minimum atomic E-state index is 0. The zero-order valence-electron chi connectivity index (χ0n) is 19.4. The minimum Gasteiger partial charge on any atom is -0.491 e. The highest BCUT2D eigenvalue weighted by atomic mass is 127. The van der Waals surface area contributed by atoms with E-state index in [0.29, 0.717) is 38.8 Å². The Morgan fingerprint density at radius 2 is 1.84 bits per heavy atom. The lowest BCUT2D eigenvalue weighted by molar-refractivity contribution is -0.130. The standard InChI is InChI=1S/C24H34N4O3.HI/c1-5-28(18-20-9-7-6-8-10-20)23(29)17-27-24(25-3)26-16-21-12-11-19(2)15-22(21)31-14-13-30-4;/h6-12,15H,5,13-14,16-18H2,1-4H3,(H2,25,26,27);1H. The largest absolute Gasteiger partial charge is 0.491 e. The number of likely N-dealkylation sites (N-methyl/N-ethyl adjacent to an activating group) is 1. The summed E-state index contributed by atoms with van der Waals surface area (Å²) in [5.74, 6) is 1.40. The zero-order valence-corrected chi connectivity index (χ0v) is 21.7. The van der Waals surface area contributed by atoms with Crippen LogP contribution in [0.2, 0.25) is 0 Å². The number of methoxy groups -OCH3 is 1. The third-order valence-electron chi connectivity index (χ3n) is 4.80. The number of rotatable bonds is 11. The van der Waals surface area contributed by atoms with Crippen LogP contribution >= 0.6 is 24.0 Å². The normalized spacial score (nSPS) is 10.8. The Hall–Kier alpha value is -2.33. The van der Waals surface area contributed by atoms with Gasteiger partial charge < -0.3 is 25.0 Å². The van der Waals surface area contributed by atoms with Gasteiger partial charge in [0.05, 0.1) is 13.2 Å². The number of nitrogens with one attached hydrogen (secondary N) is 2. The Balaban J connectivity index is 0.00000512. The van der Waals surface area contributed by atoms with Gasteiger partial charge in [0, 0.05) is 39.4 Å². The second-order valence-corrected chi connectivity index (χ2v) is 7.13. The summed E-state index contributed by atoms with van der Waals surface area (Å²) in [5, 5.41) is 6.36. The molecule has 2 rings (SSSR count). The highest BCUT2D eigenvalue weighted by Gasteiger charge is 2.13. The van der Waals surface area contributed by atoms with E-state index in [4.69, 9.17) is 9.47 Å². The van der Waals surface area contributed by atoms with E-state index < -0.39 is 0 Å². The van der Waals surface area contributed by atoms with Crippen LogP contribution < -0.4 is 15.4 Å². The quantitative estimate of drug-likeness (QED) is 0.193. The van der Waals surface area contributed by atoms with Crippen LogP contribution in [0.5, 0.6) is 5.75 Å². The van der Waals surface area contributed by atoms with Gasteiger partial charge >= 0.3 is 0 Å². The van der Waals surface area contributed by atoms with Gasteiger partial charge in [0.2, 0.25) is 5.91 Å². The molecule has 0 aliphatic rings. The first-order chi connectivity index (χ1) is 15.1. The molecule has 7 nitrogen and oxygen atoms in total. The molecule has 0 atom stereocenters. The number of amides is 1. The van der Waals surface area contributed by atoms with Gasteiger partial charge in [-0.1, -0.05) is 42.5 Å². The fourth-order valence-corrected chi connectivity index (χ4v) is 3.03. The van der Waals surface area contributed by atoms with Crippen LogP contribution in [0, 0.1) is 6.92 Å². The van der Waals surface area contributed by atoms with E-state index in [2.05, 4.69) is 15.6 Å². The van der Waals surface area contributed by atoms with Crippen molar-refractivity contribution in [1.29, 1.82) is 0 Å². The molecule has 0 unspecified atom stereocenters. The Kier molecular flexibility index (Phi) is 13.4. The Labute approximate surface area is 208 Å². The molecule has 176 valence electrons. The van der Waals surface area contributed by atoms with Crippen molar-refractivity contribution in [2.45, 2.75) is 26.9 Å². The monoisotopic (exact) mass is 554 g/mol. The summed E-state index contributed by atoms with van der Waals surface area (Å²) < 4.78 is 10.9. The molecular weight excluding hydrogens is 519 g/mol. The summed E-state index contributed by atoms with van der Waals surface area (Å²) >= 11 is 0. The summed E-state index contributed by atoms with van der Waals surface area (Å²) in [6.45, 7) is 6.97. The Bertz CT molecular complexity index is 846. The van der Waals surface area contributed by atoms with Gasteiger partial charge in [-0.2, -0.15) is 0 Å². The van der Waals surface area contributed by atoms with Gasteiger partial charge in [-0.15, -0.1) is 24.0 Å². The maximum Gasteiger partial charge on any atom is 0.242 e. The van der Waals surface area contributed by atoms with Crippen LogP contribution in [0.4, 0.5) is 0 Å². The molecule has 0 radical (unpaired) electrons. The molecule has 0 saturated heterocycles. The lowest BCUT2D eigenvalue weighted by atomic mass is 10.1. The van der Waals surface area contributed by atoms with Crippen LogP contribution in [0.25, 0.3) is 0 Å². The summed E-state index contributed by atoms with van der Waals surface area (Å²) in [5.41, 5.74) is 3.25. The van der Waals surface area contributed by atoms with Crippen molar-refractivity contribution in [3.63, 3.8) is 0 Å². The molecule has 2 aromatic carbocycles. The van der Waals surface area contributed by atoms with E-state index in [1.807, 2.05) is 67.3 Å². The van der Waals surface area contributed by atoms with Gasteiger partial charge in [-0.25, -0.2) is 0 Å². The maximum absolute atomic E-state index is 12.7. The van der Waals surface area contributed by atoms with Gasteiger partial charge in [0.25, 0.3) is 0 Å². The molecule has 2 N–H and O–H groups in total. The summed E-state index contributed by atoms with van der Waals surface area (Å²) in [6.07, 6.45) is 0. The molecule has 0 aliphatic carbocycles. The number of carbonyl (C=O) groups excluding carboxylic acids is 1. The average molecular weight is 554 g/mol. The van der Waals surface area contributed by atoms with E-state index in [0.717, 1.165) is 22.4 Å². The first kappa shape index (κ1) is 27.7. The van der Waals surface area contributed by atoms with Crippen molar-refractivity contribution in [1.82, 2.24) is 15.5 Å². The van der Waals surface area contributed by atoms with Gasteiger partial charge in [0.1, 0.15) is 12.4 Å². The van der Waals surface area contributed by atoms with Gasteiger partial charge in [-0.05, 0) is 31.0 Å². The number of ether oxygens (including phenoxy) is 2. The molecule has 0 bridgehead atoms. The number of hydrogen-bond donors (Lipinski definition) is 2. The topological polar surface area (TPSA) is 75.2 Å². The van der Waals surface area contributed by atoms with Crippen LogP contribution in [0.15, 0.2) is 53.5 Å².